The fourth-order valence-electron chi connectivity index (χ4n) is 5.26. The standard InChI is InChI=1S/C24H28N4O2/c1-5-6-17-10-16(11-22(29-3)24(17)30-4)14-27-18-7-8-20(27)19-13-25-23-9-15(2)26-28(23)21(19)12-18/h5,9-11,13,18,20H,1,6-8,12,14H2,2-4H3/t18-,20+/m0/s1. The lowest BCUT2D eigenvalue weighted by atomic mass is 9.97. The van der Waals surface area contributed by atoms with Gasteiger partial charge in [-0.05, 0) is 37.8 Å². The van der Waals surface area contributed by atoms with Crippen LogP contribution >= 0.6 is 0 Å². The van der Waals surface area contributed by atoms with Crippen LogP contribution in [0.1, 0.15) is 47.0 Å². The van der Waals surface area contributed by atoms with Crippen LogP contribution in [0.5, 0.6) is 11.5 Å². The van der Waals surface area contributed by atoms with Gasteiger partial charge in [-0.25, -0.2) is 9.50 Å². The molecule has 4 heterocycles. The Kier molecular flexibility index (Phi) is 4.74. The minimum Gasteiger partial charge on any atom is -0.493 e. The highest BCUT2D eigenvalue weighted by atomic mass is 16.5. The summed E-state index contributed by atoms with van der Waals surface area (Å²) in [4.78, 5) is 7.32. The maximum Gasteiger partial charge on any atom is 0.164 e. The number of methoxy groups -OCH3 is 2. The van der Waals surface area contributed by atoms with Gasteiger partial charge in [-0.15, -0.1) is 6.58 Å². The van der Waals surface area contributed by atoms with Crippen LogP contribution in [0.3, 0.4) is 0 Å². The first-order valence-electron chi connectivity index (χ1n) is 10.6. The summed E-state index contributed by atoms with van der Waals surface area (Å²) in [6, 6.07) is 7.30. The van der Waals surface area contributed by atoms with Crippen molar-refractivity contribution in [1.29, 1.82) is 0 Å². The van der Waals surface area contributed by atoms with Crippen LogP contribution in [0.2, 0.25) is 0 Å². The van der Waals surface area contributed by atoms with E-state index in [4.69, 9.17) is 14.6 Å². The topological polar surface area (TPSA) is 51.9 Å². The molecule has 0 N–H and O–H groups in total. The highest BCUT2D eigenvalue weighted by Crippen LogP contribution is 2.45. The fourth-order valence-corrected chi connectivity index (χ4v) is 5.26. The van der Waals surface area contributed by atoms with Crippen molar-refractivity contribution in [2.45, 2.75) is 51.2 Å². The molecule has 3 aromatic rings. The van der Waals surface area contributed by atoms with E-state index in [9.17, 15) is 0 Å². The van der Waals surface area contributed by atoms with Gasteiger partial charge in [-0.1, -0.05) is 12.1 Å². The second kappa shape index (κ2) is 7.43. The van der Waals surface area contributed by atoms with E-state index in [1.165, 1.54) is 23.2 Å². The van der Waals surface area contributed by atoms with Crippen molar-refractivity contribution in [2.75, 3.05) is 14.2 Å². The predicted molar refractivity (Wildman–Crippen MR) is 116 cm³/mol. The third-order valence-electron chi connectivity index (χ3n) is 6.51. The zero-order valence-electron chi connectivity index (χ0n) is 17.9. The van der Waals surface area contributed by atoms with Crippen LogP contribution in [0.15, 0.2) is 37.1 Å². The number of rotatable bonds is 6. The van der Waals surface area contributed by atoms with Gasteiger partial charge in [0, 0.05) is 48.4 Å². The lowest BCUT2D eigenvalue weighted by Gasteiger charge is -2.36. The van der Waals surface area contributed by atoms with Crippen molar-refractivity contribution in [3.8, 4) is 11.5 Å². The van der Waals surface area contributed by atoms with Gasteiger partial charge < -0.3 is 9.47 Å². The summed E-state index contributed by atoms with van der Waals surface area (Å²) in [6.07, 6.45) is 8.11. The SMILES string of the molecule is C=CCc1cc(CN2[C@H]3CC[C@@H]2c2cnc4cc(C)nn4c2C3)cc(OC)c1OC. The Balaban J connectivity index is 1.50. The molecular formula is C24H28N4O2. The number of aryl methyl sites for hydroxylation is 1. The summed E-state index contributed by atoms with van der Waals surface area (Å²) in [6.45, 7) is 6.81. The van der Waals surface area contributed by atoms with Gasteiger partial charge in [0.25, 0.3) is 0 Å². The molecule has 1 saturated heterocycles. The van der Waals surface area contributed by atoms with Crippen LogP contribution < -0.4 is 9.47 Å². The van der Waals surface area contributed by atoms with E-state index in [1.54, 1.807) is 14.2 Å². The first-order valence-corrected chi connectivity index (χ1v) is 10.6. The molecule has 5 rings (SSSR count). The highest BCUT2D eigenvalue weighted by Gasteiger charge is 2.41. The van der Waals surface area contributed by atoms with Crippen molar-refractivity contribution in [3.63, 3.8) is 0 Å². The number of hydrogen-bond acceptors (Lipinski definition) is 5. The molecule has 6 heteroatoms. The zero-order chi connectivity index (χ0) is 20.8. The van der Waals surface area contributed by atoms with Crippen molar-refractivity contribution in [2.24, 2.45) is 0 Å². The molecule has 6 nitrogen and oxygen atoms in total. The average molecular weight is 405 g/mol. The Hall–Kier alpha value is -2.86. The lowest BCUT2D eigenvalue weighted by molar-refractivity contribution is 0.165. The number of allylic oxidation sites excluding steroid dienone is 1. The van der Waals surface area contributed by atoms with Crippen molar-refractivity contribution in [3.05, 3.63) is 65.1 Å². The van der Waals surface area contributed by atoms with Gasteiger partial charge in [-0.3, -0.25) is 4.90 Å². The minimum absolute atomic E-state index is 0.385. The second-order valence-corrected chi connectivity index (χ2v) is 8.32. The summed E-state index contributed by atoms with van der Waals surface area (Å²) >= 11 is 0. The molecule has 2 aromatic heterocycles. The van der Waals surface area contributed by atoms with Crippen LogP contribution in [0, 0.1) is 6.92 Å². The van der Waals surface area contributed by atoms with E-state index in [1.807, 2.05) is 13.0 Å². The Morgan fingerprint density at radius 3 is 2.83 bits per heavy atom. The van der Waals surface area contributed by atoms with Gasteiger partial charge >= 0.3 is 0 Å². The first kappa shape index (κ1) is 19.1. The van der Waals surface area contributed by atoms with Crippen LogP contribution in [0.4, 0.5) is 0 Å². The average Bonchev–Trinajstić information content (AvgIpc) is 3.25. The van der Waals surface area contributed by atoms with E-state index in [2.05, 4.69) is 45.4 Å². The fraction of sp³-hybridized carbons (Fsp3) is 0.417. The van der Waals surface area contributed by atoms with Gasteiger partial charge in [0.15, 0.2) is 17.1 Å². The Morgan fingerprint density at radius 1 is 1.20 bits per heavy atom. The van der Waals surface area contributed by atoms with E-state index in [0.29, 0.717) is 12.1 Å². The van der Waals surface area contributed by atoms with E-state index in [-0.39, 0.29) is 0 Å². The van der Waals surface area contributed by atoms with Crippen molar-refractivity contribution in [1.82, 2.24) is 19.5 Å². The molecule has 1 aromatic carbocycles. The molecule has 2 atom stereocenters. The third-order valence-corrected chi connectivity index (χ3v) is 6.51. The van der Waals surface area contributed by atoms with E-state index in [0.717, 1.165) is 54.2 Å². The van der Waals surface area contributed by atoms with Gasteiger partial charge in [0.1, 0.15) is 0 Å². The molecule has 0 amide bonds. The molecular weight excluding hydrogens is 376 g/mol. The Bertz CT molecular complexity index is 1120. The lowest BCUT2D eigenvalue weighted by Crippen LogP contribution is -2.38. The molecule has 0 saturated carbocycles. The molecule has 156 valence electrons. The maximum absolute atomic E-state index is 5.63. The normalized spacial score (nSPS) is 20.4. The summed E-state index contributed by atoms with van der Waals surface area (Å²) < 4.78 is 13.3. The summed E-state index contributed by atoms with van der Waals surface area (Å²) in [7, 11) is 3.39. The number of hydrogen-bond donors (Lipinski definition) is 0. The van der Waals surface area contributed by atoms with Crippen molar-refractivity contribution >= 4 is 5.65 Å². The maximum atomic E-state index is 5.63. The predicted octanol–water partition coefficient (Wildman–Crippen LogP) is 4.05. The number of ether oxygens (including phenoxy) is 2. The quantitative estimate of drug-likeness (QED) is 0.580. The summed E-state index contributed by atoms with van der Waals surface area (Å²) in [5.41, 5.74) is 6.98. The van der Waals surface area contributed by atoms with Gasteiger partial charge in [0.2, 0.25) is 0 Å². The molecule has 0 radical (unpaired) electrons. The van der Waals surface area contributed by atoms with Crippen molar-refractivity contribution < 1.29 is 9.47 Å². The third kappa shape index (κ3) is 2.98. The summed E-state index contributed by atoms with van der Waals surface area (Å²) in [5.74, 6) is 1.58. The molecule has 2 bridgehead atoms. The van der Waals surface area contributed by atoms with Gasteiger partial charge in [0.05, 0.1) is 25.6 Å². The monoisotopic (exact) mass is 404 g/mol. The number of fused-ring (bicyclic) bond motifs is 6. The molecule has 1 fully saturated rings. The number of aromatic nitrogens is 3. The summed E-state index contributed by atoms with van der Waals surface area (Å²) in [5, 5.41) is 4.70. The molecule has 0 spiro atoms. The largest absolute Gasteiger partial charge is 0.493 e. The van der Waals surface area contributed by atoms with E-state index < -0.39 is 0 Å². The molecule has 2 aliphatic heterocycles. The molecule has 30 heavy (non-hydrogen) atoms. The first-order chi connectivity index (χ1) is 14.6. The second-order valence-electron chi connectivity index (χ2n) is 8.32. The Morgan fingerprint density at radius 2 is 2.07 bits per heavy atom. The highest BCUT2D eigenvalue weighted by molar-refractivity contribution is 5.50. The van der Waals surface area contributed by atoms with Crippen LogP contribution in [-0.2, 0) is 19.4 Å². The minimum atomic E-state index is 0.385. The molecule has 0 aliphatic carbocycles. The smallest absolute Gasteiger partial charge is 0.164 e. The molecule has 2 aliphatic rings. The zero-order valence-corrected chi connectivity index (χ0v) is 17.9. The van der Waals surface area contributed by atoms with Crippen LogP contribution in [0.25, 0.3) is 5.65 Å². The van der Waals surface area contributed by atoms with Crippen LogP contribution in [-0.4, -0.2) is 39.8 Å². The number of benzene rings is 1. The molecule has 0 unspecified atom stereocenters. The van der Waals surface area contributed by atoms with Gasteiger partial charge in [-0.2, -0.15) is 5.10 Å². The Labute approximate surface area is 177 Å². The number of nitrogens with zero attached hydrogens (tertiary/aromatic N) is 4. The van der Waals surface area contributed by atoms with E-state index >= 15 is 0 Å².